The Morgan fingerprint density at radius 2 is 1.82 bits per heavy atom. The number of nitrogens with zero attached hydrogens (tertiary/aromatic N) is 3. The Bertz CT molecular complexity index is 1230. The van der Waals surface area contributed by atoms with Crippen molar-refractivity contribution < 1.29 is 4.79 Å². The van der Waals surface area contributed by atoms with Crippen LogP contribution in [-0.2, 0) is 11.0 Å². The van der Waals surface area contributed by atoms with Crippen LogP contribution in [0.2, 0.25) is 10.0 Å². The number of amides is 1. The van der Waals surface area contributed by atoms with E-state index < -0.39 is 0 Å². The fraction of sp³-hybridized carbons (Fsp3) is 0.385. The van der Waals surface area contributed by atoms with Gasteiger partial charge in [0.15, 0.2) is 0 Å². The molecule has 1 amide bonds. The highest BCUT2D eigenvalue weighted by Gasteiger charge is 2.62. The molecule has 6 rings (SSSR count). The van der Waals surface area contributed by atoms with Gasteiger partial charge >= 0.3 is 0 Å². The molecule has 1 saturated carbocycles. The zero-order valence-electron chi connectivity index (χ0n) is 18.7. The van der Waals surface area contributed by atoms with E-state index in [4.69, 9.17) is 23.2 Å². The lowest BCUT2D eigenvalue weighted by atomic mass is 9.89. The number of hydrogen-bond donors (Lipinski definition) is 1. The Morgan fingerprint density at radius 3 is 2.55 bits per heavy atom. The van der Waals surface area contributed by atoms with Crippen LogP contribution in [0.5, 0.6) is 0 Å². The van der Waals surface area contributed by atoms with Gasteiger partial charge in [-0.2, -0.15) is 5.10 Å². The molecule has 1 N–H and O–H groups in total. The third kappa shape index (κ3) is 3.36. The van der Waals surface area contributed by atoms with E-state index in [1.165, 1.54) is 5.56 Å². The van der Waals surface area contributed by atoms with E-state index in [1.54, 1.807) is 12.3 Å². The Morgan fingerprint density at radius 1 is 1.09 bits per heavy atom. The summed E-state index contributed by atoms with van der Waals surface area (Å²) in [5.41, 5.74) is 2.77. The largest absolute Gasteiger partial charge is 0.363 e. The molecular formula is C26H26Cl2N4O. The molecule has 170 valence electrons. The van der Waals surface area contributed by atoms with E-state index >= 15 is 0 Å². The molecule has 0 spiro atoms. The number of benzene rings is 2. The maximum absolute atomic E-state index is 13.7. The maximum atomic E-state index is 13.7. The molecule has 2 unspecified atom stereocenters. The fourth-order valence-electron chi connectivity index (χ4n) is 5.89. The van der Waals surface area contributed by atoms with Crippen molar-refractivity contribution in [3.8, 4) is 0 Å². The van der Waals surface area contributed by atoms with E-state index in [1.807, 2.05) is 27.8 Å². The summed E-state index contributed by atoms with van der Waals surface area (Å²) in [6.45, 7) is 5.79. The number of hydrogen-bond acceptors (Lipinski definition) is 3. The minimum Gasteiger partial charge on any atom is -0.363 e. The molecule has 0 bridgehead atoms. The van der Waals surface area contributed by atoms with Gasteiger partial charge in [-0.15, -0.1) is 0 Å². The Hall–Kier alpha value is -2.50. The van der Waals surface area contributed by atoms with Gasteiger partial charge in [-0.25, -0.2) is 4.68 Å². The van der Waals surface area contributed by atoms with E-state index in [0.717, 1.165) is 30.8 Å². The molecule has 3 heterocycles. The first-order valence-electron chi connectivity index (χ1n) is 11.4. The first-order chi connectivity index (χ1) is 15.8. The van der Waals surface area contributed by atoms with Gasteiger partial charge in [-0.3, -0.25) is 4.79 Å². The van der Waals surface area contributed by atoms with Crippen molar-refractivity contribution in [3.63, 3.8) is 0 Å². The Labute approximate surface area is 203 Å². The monoisotopic (exact) mass is 480 g/mol. The first kappa shape index (κ1) is 21.1. The summed E-state index contributed by atoms with van der Waals surface area (Å²) in [7, 11) is 0. The van der Waals surface area contributed by atoms with E-state index in [9.17, 15) is 4.79 Å². The molecule has 0 radical (unpaired) electrons. The van der Waals surface area contributed by atoms with Crippen LogP contribution in [0.25, 0.3) is 0 Å². The average Bonchev–Trinajstić information content (AvgIpc) is 3.12. The number of piperidine rings is 1. The van der Waals surface area contributed by atoms with Crippen molar-refractivity contribution in [2.45, 2.75) is 43.7 Å². The van der Waals surface area contributed by atoms with Crippen LogP contribution in [-0.4, -0.2) is 33.7 Å². The highest BCUT2D eigenvalue weighted by molar-refractivity contribution is 6.34. The lowest BCUT2D eigenvalue weighted by Crippen LogP contribution is -2.39. The number of aromatic nitrogens is 2. The number of nitrogens with one attached hydrogen (secondary N) is 1. The van der Waals surface area contributed by atoms with Crippen molar-refractivity contribution in [3.05, 3.63) is 81.5 Å². The molecule has 2 aromatic carbocycles. The molecule has 7 heteroatoms. The average molecular weight is 481 g/mol. The van der Waals surface area contributed by atoms with Crippen LogP contribution in [0.15, 0.2) is 54.7 Å². The zero-order valence-corrected chi connectivity index (χ0v) is 20.2. The molecule has 2 fully saturated rings. The van der Waals surface area contributed by atoms with Crippen molar-refractivity contribution in [1.29, 1.82) is 0 Å². The number of carbonyl (C=O) groups excluding carboxylic acids is 1. The highest BCUT2D eigenvalue weighted by Crippen LogP contribution is 2.59. The normalized spacial score (nSPS) is 27.0. The number of rotatable bonds is 3. The predicted molar refractivity (Wildman–Crippen MR) is 131 cm³/mol. The summed E-state index contributed by atoms with van der Waals surface area (Å²) in [4.78, 5) is 15.7. The van der Waals surface area contributed by atoms with Crippen molar-refractivity contribution in [2.24, 2.45) is 5.92 Å². The number of likely N-dealkylation sites (tertiary alicyclic amines) is 1. The SMILES string of the molecule is CC1(C)C[C@H](c2ccccc2)Nc2c(C(=O)N3CC4CC4(c4cc(Cl)cc(Cl)c4)C3)cnn21. The summed E-state index contributed by atoms with van der Waals surface area (Å²) in [5.74, 6) is 1.29. The molecule has 2 aliphatic heterocycles. The summed E-state index contributed by atoms with van der Waals surface area (Å²) < 4.78 is 1.98. The standard InChI is InChI=1S/C26H26Cl2N4O/c1-25(2)12-22(16-6-4-3-5-7-16)30-23-21(13-29-32(23)25)24(33)31-14-18-11-26(18,15-31)17-8-19(27)10-20(28)9-17/h3-10,13,18,22,30H,11-12,14-15H2,1-2H3/t18?,22-,26?/m1/s1. The lowest BCUT2D eigenvalue weighted by molar-refractivity contribution is 0.0772. The smallest absolute Gasteiger partial charge is 0.259 e. The van der Waals surface area contributed by atoms with Gasteiger partial charge in [0.2, 0.25) is 0 Å². The quantitative estimate of drug-likeness (QED) is 0.507. The number of anilines is 1. The maximum Gasteiger partial charge on any atom is 0.259 e. The van der Waals surface area contributed by atoms with Gasteiger partial charge in [0.1, 0.15) is 11.4 Å². The zero-order chi connectivity index (χ0) is 23.0. The van der Waals surface area contributed by atoms with Crippen molar-refractivity contribution in [2.75, 3.05) is 18.4 Å². The number of halogens is 2. The molecule has 33 heavy (non-hydrogen) atoms. The third-order valence-electron chi connectivity index (χ3n) is 7.66. The summed E-state index contributed by atoms with van der Waals surface area (Å²) in [5, 5.41) is 9.54. The van der Waals surface area contributed by atoms with Gasteiger partial charge < -0.3 is 10.2 Å². The van der Waals surface area contributed by atoms with Gasteiger partial charge in [-0.1, -0.05) is 53.5 Å². The molecule has 3 aromatic rings. The van der Waals surface area contributed by atoms with Crippen LogP contribution >= 0.6 is 23.2 Å². The molecular weight excluding hydrogens is 455 g/mol. The van der Waals surface area contributed by atoms with E-state index in [2.05, 4.69) is 48.5 Å². The number of fused-ring (bicyclic) bond motifs is 2. The highest BCUT2D eigenvalue weighted by atomic mass is 35.5. The van der Waals surface area contributed by atoms with Gasteiger partial charge in [-0.05, 0) is 61.9 Å². The molecule has 3 aliphatic rings. The summed E-state index contributed by atoms with van der Waals surface area (Å²) in [6.07, 6.45) is 3.69. The third-order valence-corrected chi connectivity index (χ3v) is 8.10. The van der Waals surface area contributed by atoms with Crippen molar-refractivity contribution in [1.82, 2.24) is 14.7 Å². The minimum absolute atomic E-state index is 0.0311. The minimum atomic E-state index is -0.203. The van der Waals surface area contributed by atoms with Crippen LogP contribution in [0.1, 0.15) is 54.2 Å². The molecule has 1 aliphatic carbocycles. The second kappa shape index (κ2) is 7.25. The first-order valence-corrected chi connectivity index (χ1v) is 12.2. The van der Waals surface area contributed by atoms with E-state index in [-0.39, 0.29) is 22.9 Å². The second-order valence-electron chi connectivity index (χ2n) is 10.3. The number of carbonyl (C=O) groups is 1. The molecule has 3 atom stereocenters. The van der Waals surface area contributed by atoms with Gasteiger partial charge in [0.05, 0.1) is 17.8 Å². The molecule has 1 aromatic heterocycles. The fourth-order valence-corrected chi connectivity index (χ4v) is 6.41. The topological polar surface area (TPSA) is 50.2 Å². The van der Waals surface area contributed by atoms with Crippen LogP contribution < -0.4 is 5.32 Å². The second-order valence-corrected chi connectivity index (χ2v) is 11.2. The van der Waals surface area contributed by atoms with Crippen LogP contribution in [0.4, 0.5) is 5.82 Å². The van der Waals surface area contributed by atoms with Crippen LogP contribution in [0, 0.1) is 5.92 Å². The summed E-state index contributed by atoms with van der Waals surface area (Å²) in [6, 6.07) is 16.3. The van der Waals surface area contributed by atoms with Crippen molar-refractivity contribution >= 4 is 34.9 Å². The Balaban J connectivity index is 1.29. The Kier molecular flexibility index (Phi) is 4.63. The molecule has 5 nitrogen and oxygen atoms in total. The van der Waals surface area contributed by atoms with Gasteiger partial charge in [0.25, 0.3) is 5.91 Å². The summed E-state index contributed by atoms with van der Waals surface area (Å²) >= 11 is 12.6. The predicted octanol–water partition coefficient (Wildman–Crippen LogP) is 5.90. The van der Waals surface area contributed by atoms with Crippen LogP contribution in [0.3, 0.4) is 0 Å². The molecule has 1 saturated heterocycles. The van der Waals surface area contributed by atoms with Gasteiger partial charge in [0, 0.05) is 28.5 Å². The van der Waals surface area contributed by atoms with E-state index in [0.29, 0.717) is 28.1 Å². The lowest BCUT2D eigenvalue weighted by Gasteiger charge is -2.38.